The molecule has 1 aromatic rings. The number of methoxy groups -OCH3 is 1. The Hall–Kier alpha value is -1.82. The van der Waals surface area contributed by atoms with Crippen LogP contribution in [-0.4, -0.2) is 56.7 Å². The van der Waals surface area contributed by atoms with Crippen LogP contribution < -0.4 is 10.6 Å². The number of carbonyl (C=O) groups is 1. The largest absolute Gasteiger partial charge is 0.464 e. The van der Waals surface area contributed by atoms with Crippen molar-refractivity contribution in [3.8, 4) is 0 Å². The van der Waals surface area contributed by atoms with Crippen LogP contribution >= 0.6 is 0 Å². The highest BCUT2D eigenvalue weighted by Gasteiger charge is 2.23. The fraction of sp³-hybridized carbons (Fsp3) is 0.600. The molecule has 21 heavy (non-hydrogen) atoms. The molecule has 1 saturated heterocycles. The standard InChI is InChI=1S/C15H24N4O2/c1-18(2)10-11-6-8-19(9-7-11)14-12(16)4-5-13(17-14)15(20)21-3/h4-5,11H,6-10,16H2,1-3H3. The van der Waals surface area contributed by atoms with E-state index in [1.54, 1.807) is 12.1 Å². The predicted molar refractivity (Wildman–Crippen MR) is 83.5 cm³/mol. The van der Waals surface area contributed by atoms with E-state index in [1.807, 2.05) is 0 Å². The van der Waals surface area contributed by atoms with Crippen molar-refractivity contribution >= 4 is 17.5 Å². The fourth-order valence-electron chi connectivity index (χ4n) is 2.77. The molecule has 1 aliphatic heterocycles. The summed E-state index contributed by atoms with van der Waals surface area (Å²) in [5.41, 5.74) is 6.92. The summed E-state index contributed by atoms with van der Waals surface area (Å²) < 4.78 is 4.71. The van der Waals surface area contributed by atoms with Crippen LogP contribution in [0.3, 0.4) is 0 Å². The van der Waals surface area contributed by atoms with Crippen molar-refractivity contribution < 1.29 is 9.53 Å². The van der Waals surface area contributed by atoms with Gasteiger partial charge in [-0.15, -0.1) is 0 Å². The van der Waals surface area contributed by atoms with Crippen molar-refractivity contribution in [2.75, 3.05) is 51.5 Å². The highest BCUT2D eigenvalue weighted by atomic mass is 16.5. The lowest BCUT2D eigenvalue weighted by Crippen LogP contribution is -2.38. The zero-order valence-electron chi connectivity index (χ0n) is 13.0. The summed E-state index contributed by atoms with van der Waals surface area (Å²) in [7, 11) is 5.56. The SMILES string of the molecule is COC(=O)c1ccc(N)c(N2CCC(CN(C)C)CC2)n1. The van der Waals surface area contributed by atoms with E-state index < -0.39 is 5.97 Å². The molecule has 0 bridgehead atoms. The maximum absolute atomic E-state index is 11.6. The van der Waals surface area contributed by atoms with Gasteiger partial charge in [0.2, 0.25) is 0 Å². The number of ether oxygens (including phenoxy) is 1. The minimum absolute atomic E-state index is 0.303. The van der Waals surface area contributed by atoms with Crippen LogP contribution in [0.5, 0.6) is 0 Å². The maximum Gasteiger partial charge on any atom is 0.356 e. The summed E-state index contributed by atoms with van der Waals surface area (Å²) in [4.78, 5) is 20.3. The summed E-state index contributed by atoms with van der Waals surface area (Å²) in [6.07, 6.45) is 2.23. The van der Waals surface area contributed by atoms with Crippen molar-refractivity contribution in [3.05, 3.63) is 17.8 Å². The molecule has 0 amide bonds. The number of carbonyl (C=O) groups excluding carboxylic acids is 1. The van der Waals surface area contributed by atoms with E-state index in [-0.39, 0.29) is 0 Å². The lowest BCUT2D eigenvalue weighted by atomic mass is 9.96. The summed E-state index contributed by atoms with van der Waals surface area (Å²) in [5, 5.41) is 0. The molecule has 1 aliphatic rings. The molecule has 6 heteroatoms. The summed E-state index contributed by atoms with van der Waals surface area (Å²) in [5.74, 6) is 0.973. The number of aromatic nitrogens is 1. The first-order chi connectivity index (χ1) is 10.0. The van der Waals surface area contributed by atoms with Gasteiger partial charge in [0.25, 0.3) is 0 Å². The monoisotopic (exact) mass is 292 g/mol. The number of rotatable bonds is 4. The van der Waals surface area contributed by atoms with Crippen LogP contribution in [0.4, 0.5) is 11.5 Å². The highest BCUT2D eigenvalue weighted by molar-refractivity contribution is 5.88. The van der Waals surface area contributed by atoms with E-state index in [0.717, 1.165) is 32.5 Å². The van der Waals surface area contributed by atoms with Crippen molar-refractivity contribution in [1.29, 1.82) is 0 Å². The third-order valence-corrected chi connectivity index (χ3v) is 3.84. The first-order valence-corrected chi connectivity index (χ1v) is 7.25. The minimum Gasteiger partial charge on any atom is -0.464 e. The Labute approximate surface area is 125 Å². The predicted octanol–water partition coefficient (Wildman–Crippen LogP) is 1.23. The average molecular weight is 292 g/mol. The van der Waals surface area contributed by atoms with Crippen molar-refractivity contribution in [1.82, 2.24) is 9.88 Å². The third kappa shape index (κ3) is 3.85. The Morgan fingerprint density at radius 2 is 2.10 bits per heavy atom. The number of pyridine rings is 1. The first kappa shape index (κ1) is 15.6. The second kappa shape index (κ2) is 6.76. The van der Waals surface area contributed by atoms with Gasteiger partial charge in [-0.05, 0) is 45.0 Å². The van der Waals surface area contributed by atoms with Crippen LogP contribution in [0.2, 0.25) is 0 Å². The molecule has 0 spiro atoms. The van der Waals surface area contributed by atoms with E-state index >= 15 is 0 Å². The van der Waals surface area contributed by atoms with Gasteiger partial charge in [-0.1, -0.05) is 0 Å². The molecule has 2 rings (SSSR count). The lowest BCUT2D eigenvalue weighted by Gasteiger charge is -2.34. The Bertz CT molecular complexity index is 496. The van der Waals surface area contributed by atoms with Gasteiger partial charge < -0.3 is 20.3 Å². The van der Waals surface area contributed by atoms with Gasteiger partial charge >= 0.3 is 5.97 Å². The van der Waals surface area contributed by atoms with Crippen LogP contribution in [-0.2, 0) is 4.74 Å². The topological polar surface area (TPSA) is 71.7 Å². The van der Waals surface area contributed by atoms with Crippen molar-refractivity contribution in [2.24, 2.45) is 5.92 Å². The normalized spacial score (nSPS) is 16.3. The minimum atomic E-state index is -0.432. The molecule has 0 saturated carbocycles. The van der Waals surface area contributed by atoms with E-state index in [0.29, 0.717) is 23.1 Å². The Morgan fingerprint density at radius 1 is 1.43 bits per heavy atom. The van der Waals surface area contributed by atoms with Crippen LogP contribution in [0.1, 0.15) is 23.3 Å². The molecule has 0 unspecified atom stereocenters. The van der Waals surface area contributed by atoms with Crippen molar-refractivity contribution in [3.63, 3.8) is 0 Å². The fourth-order valence-corrected chi connectivity index (χ4v) is 2.77. The number of hydrogen-bond acceptors (Lipinski definition) is 6. The number of piperidine rings is 1. The second-order valence-corrected chi connectivity index (χ2v) is 5.79. The van der Waals surface area contributed by atoms with E-state index in [1.165, 1.54) is 7.11 Å². The van der Waals surface area contributed by atoms with Gasteiger partial charge in [-0.25, -0.2) is 9.78 Å². The number of nitrogen functional groups attached to an aromatic ring is 1. The molecular formula is C15H24N4O2. The molecule has 0 aliphatic carbocycles. The Kier molecular flexibility index (Phi) is 5.01. The zero-order valence-corrected chi connectivity index (χ0v) is 13.0. The third-order valence-electron chi connectivity index (χ3n) is 3.84. The molecule has 2 N–H and O–H groups in total. The van der Waals surface area contributed by atoms with Gasteiger partial charge in [0.05, 0.1) is 12.8 Å². The summed E-state index contributed by atoms with van der Waals surface area (Å²) >= 11 is 0. The Morgan fingerprint density at radius 3 is 2.67 bits per heavy atom. The van der Waals surface area contributed by atoms with E-state index in [2.05, 4.69) is 28.9 Å². The summed E-state index contributed by atoms with van der Waals surface area (Å²) in [6, 6.07) is 3.32. The number of anilines is 2. The van der Waals surface area contributed by atoms with Crippen LogP contribution in [0.15, 0.2) is 12.1 Å². The molecule has 116 valence electrons. The molecule has 6 nitrogen and oxygen atoms in total. The van der Waals surface area contributed by atoms with Crippen molar-refractivity contribution in [2.45, 2.75) is 12.8 Å². The molecule has 0 atom stereocenters. The number of esters is 1. The molecule has 1 fully saturated rings. The maximum atomic E-state index is 11.6. The van der Waals surface area contributed by atoms with E-state index in [9.17, 15) is 4.79 Å². The average Bonchev–Trinajstić information content (AvgIpc) is 2.47. The summed E-state index contributed by atoms with van der Waals surface area (Å²) in [6.45, 7) is 2.94. The number of hydrogen-bond donors (Lipinski definition) is 1. The molecule has 1 aromatic heterocycles. The van der Waals surface area contributed by atoms with Gasteiger partial charge in [-0.3, -0.25) is 0 Å². The van der Waals surface area contributed by atoms with Crippen LogP contribution in [0, 0.1) is 5.92 Å². The quantitative estimate of drug-likeness (QED) is 0.842. The highest BCUT2D eigenvalue weighted by Crippen LogP contribution is 2.27. The Balaban J connectivity index is 2.07. The molecular weight excluding hydrogens is 268 g/mol. The second-order valence-electron chi connectivity index (χ2n) is 5.79. The zero-order chi connectivity index (χ0) is 15.4. The number of nitrogens with two attached hydrogens (primary N) is 1. The van der Waals surface area contributed by atoms with Gasteiger partial charge in [-0.2, -0.15) is 0 Å². The van der Waals surface area contributed by atoms with Gasteiger partial charge in [0.15, 0.2) is 11.5 Å². The molecule has 0 aromatic carbocycles. The molecule has 0 radical (unpaired) electrons. The molecule has 2 heterocycles. The lowest BCUT2D eigenvalue weighted by molar-refractivity contribution is 0.0594. The van der Waals surface area contributed by atoms with Gasteiger partial charge in [0, 0.05) is 19.6 Å². The van der Waals surface area contributed by atoms with Crippen LogP contribution in [0.25, 0.3) is 0 Å². The number of nitrogens with zero attached hydrogens (tertiary/aromatic N) is 3. The smallest absolute Gasteiger partial charge is 0.356 e. The first-order valence-electron chi connectivity index (χ1n) is 7.25. The van der Waals surface area contributed by atoms with Gasteiger partial charge in [0.1, 0.15) is 0 Å². The van der Waals surface area contributed by atoms with E-state index in [4.69, 9.17) is 10.5 Å².